The zero-order valence-electron chi connectivity index (χ0n) is 16.7. The lowest BCUT2D eigenvalue weighted by Gasteiger charge is -2.54. The quantitative estimate of drug-likeness (QED) is 0.426. The first-order chi connectivity index (χ1) is 13.5. The summed E-state index contributed by atoms with van der Waals surface area (Å²) in [5.74, 6) is 1.54. The van der Waals surface area contributed by atoms with Gasteiger partial charge in [0.15, 0.2) is 0 Å². The van der Waals surface area contributed by atoms with Crippen molar-refractivity contribution < 1.29 is 14.3 Å². The molecule has 2 bridgehead atoms. The molecule has 28 heavy (non-hydrogen) atoms. The summed E-state index contributed by atoms with van der Waals surface area (Å²) in [6.45, 7) is 3.10. The SMILES string of the molecule is CN=CN=C(N)c1cc(NC(=O)N2C3CC(C)CC2C3)ccc1OCCOC. The van der Waals surface area contributed by atoms with Gasteiger partial charge in [0.05, 0.1) is 12.2 Å². The third kappa shape index (κ3) is 4.44. The van der Waals surface area contributed by atoms with E-state index >= 15 is 0 Å². The van der Waals surface area contributed by atoms with Crippen molar-refractivity contribution in [2.75, 3.05) is 32.7 Å². The lowest BCUT2D eigenvalue weighted by molar-refractivity contribution is -0.00601. The molecule has 0 spiro atoms. The molecule has 1 aromatic rings. The van der Waals surface area contributed by atoms with Gasteiger partial charge in [-0.1, -0.05) is 6.92 Å². The molecule has 0 saturated carbocycles. The lowest BCUT2D eigenvalue weighted by Crippen LogP contribution is -2.63. The third-order valence-corrected chi connectivity index (χ3v) is 5.28. The van der Waals surface area contributed by atoms with Crippen LogP contribution in [0, 0.1) is 5.92 Å². The predicted octanol–water partition coefficient (Wildman–Crippen LogP) is 2.48. The minimum Gasteiger partial charge on any atom is -0.490 e. The number of hydrogen-bond donors (Lipinski definition) is 2. The standard InChI is InChI=1S/C20H29N5O3/c1-13-8-15-11-16(9-13)25(15)20(26)24-14-4-5-18(28-7-6-27-3)17(10-14)19(21)23-12-22-2/h4-5,10,12-13,15-16H,6-9,11H2,1-3H3,(H,24,26)(H2,21,22,23). The van der Waals surface area contributed by atoms with E-state index < -0.39 is 0 Å². The monoisotopic (exact) mass is 387 g/mol. The number of methoxy groups -OCH3 is 1. The molecule has 0 aromatic heterocycles. The Hall–Kier alpha value is -2.61. The van der Waals surface area contributed by atoms with Crippen molar-refractivity contribution in [3.8, 4) is 5.75 Å². The Labute approximate surface area is 165 Å². The maximum atomic E-state index is 12.7. The fraction of sp³-hybridized carbons (Fsp3) is 0.550. The molecule has 2 saturated heterocycles. The summed E-state index contributed by atoms with van der Waals surface area (Å²) < 4.78 is 10.8. The van der Waals surface area contributed by atoms with Gasteiger partial charge in [0.2, 0.25) is 0 Å². The van der Waals surface area contributed by atoms with Crippen LogP contribution in [0.2, 0.25) is 0 Å². The van der Waals surface area contributed by atoms with Crippen LogP contribution in [0.3, 0.4) is 0 Å². The number of fused-ring (bicyclic) bond motifs is 2. The van der Waals surface area contributed by atoms with E-state index in [1.54, 1.807) is 26.3 Å². The Morgan fingerprint density at radius 1 is 1.32 bits per heavy atom. The number of carbonyl (C=O) groups is 1. The van der Waals surface area contributed by atoms with Crippen LogP contribution >= 0.6 is 0 Å². The number of piperidine rings is 1. The molecule has 2 atom stereocenters. The molecular weight excluding hydrogens is 358 g/mol. The van der Waals surface area contributed by atoms with Crippen molar-refractivity contribution in [2.24, 2.45) is 21.6 Å². The molecular formula is C20H29N5O3. The summed E-state index contributed by atoms with van der Waals surface area (Å²) >= 11 is 0. The molecule has 2 heterocycles. The van der Waals surface area contributed by atoms with Crippen molar-refractivity contribution in [3.05, 3.63) is 23.8 Å². The number of rotatable bonds is 7. The van der Waals surface area contributed by atoms with Crippen molar-refractivity contribution in [3.63, 3.8) is 0 Å². The predicted molar refractivity (Wildman–Crippen MR) is 110 cm³/mol. The number of ether oxygens (including phenoxy) is 2. The van der Waals surface area contributed by atoms with Gasteiger partial charge in [0, 0.05) is 31.9 Å². The van der Waals surface area contributed by atoms with Crippen molar-refractivity contribution >= 4 is 23.9 Å². The second-order valence-electron chi connectivity index (χ2n) is 7.40. The number of amides is 2. The van der Waals surface area contributed by atoms with Gasteiger partial charge in [0.1, 0.15) is 24.5 Å². The molecule has 8 nitrogen and oxygen atoms in total. The maximum Gasteiger partial charge on any atom is 0.322 e. The summed E-state index contributed by atoms with van der Waals surface area (Å²) in [7, 11) is 3.23. The van der Waals surface area contributed by atoms with E-state index in [0.29, 0.717) is 48.2 Å². The van der Waals surface area contributed by atoms with E-state index in [-0.39, 0.29) is 11.9 Å². The first kappa shape index (κ1) is 20.1. The lowest BCUT2D eigenvalue weighted by atomic mass is 9.74. The van der Waals surface area contributed by atoms with E-state index in [0.717, 1.165) is 19.3 Å². The number of nitrogens with zero attached hydrogens (tertiary/aromatic N) is 3. The van der Waals surface area contributed by atoms with Crippen LogP contribution in [-0.4, -0.2) is 62.6 Å². The van der Waals surface area contributed by atoms with Gasteiger partial charge in [-0.25, -0.2) is 9.79 Å². The van der Waals surface area contributed by atoms with Crippen molar-refractivity contribution in [1.29, 1.82) is 0 Å². The zero-order valence-corrected chi connectivity index (χ0v) is 16.7. The summed E-state index contributed by atoms with van der Waals surface area (Å²) in [6.07, 6.45) is 4.65. The van der Waals surface area contributed by atoms with Gasteiger partial charge in [0.25, 0.3) is 0 Å². The third-order valence-electron chi connectivity index (χ3n) is 5.28. The van der Waals surface area contributed by atoms with Gasteiger partial charge < -0.3 is 25.4 Å². The molecule has 2 aliphatic heterocycles. The van der Waals surface area contributed by atoms with E-state index in [9.17, 15) is 4.79 Å². The van der Waals surface area contributed by atoms with Crippen molar-refractivity contribution in [2.45, 2.75) is 38.3 Å². The van der Waals surface area contributed by atoms with Crippen LogP contribution in [0.5, 0.6) is 5.75 Å². The zero-order chi connectivity index (χ0) is 20.1. The number of nitrogens with two attached hydrogens (primary N) is 1. The van der Waals surface area contributed by atoms with E-state index in [2.05, 4.69) is 22.2 Å². The molecule has 3 rings (SSSR count). The van der Waals surface area contributed by atoms with E-state index in [4.69, 9.17) is 15.2 Å². The summed E-state index contributed by atoms with van der Waals surface area (Å²) in [5.41, 5.74) is 7.36. The number of benzene rings is 1. The number of anilines is 1. The van der Waals surface area contributed by atoms with Crippen LogP contribution in [0.25, 0.3) is 0 Å². The molecule has 2 unspecified atom stereocenters. The Morgan fingerprint density at radius 2 is 2.07 bits per heavy atom. The molecule has 0 aliphatic carbocycles. The fourth-order valence-electron chi connectivity index (χ4n) is 4.02. The Bertz CT molecular complexity index is 752. The number of hydrogen-bond acceptors (Lipinski definition) is 4. The summed E-state index contributed by atoms with van der Waals surface area (Å²) in [5, 5.41) is 3.00. The number of urea groups is 1. The van der Waals surface area contributed by atoms with Gasteiger partial charge in [-0.2, -0.15) is 0 Å². The normalized spacial score (nSPS) is 24.2. The molecule has 0 radical (unpaired) electrons. The fourth-order valence-corrected chi connectivity index (χ4v) is 4.02. The van der Waals surface area contributed by atoms with Gasteiger partial charge in [-0.15, -0.1) is 0 Å². The van der Waals surface area contributed by atoms with Crippen molar-refractivity contribution in [1.82, 2.24) is 4.90 Å². The molecule has 152 valence electrons. The second kappa shape index (κ2) is 9.05. The van der Waals surface area contributed by atoms with E-state index in [1.165, 1.54) is 6.34 Å². The van der Waals surface area contributed by atoms with Crippen LogP contribution in [0.4, 0.5) is 10.5 Å². The minimum atomic E-state index is -0.0576. The second-order valence-corrected chi connectivity index (χ2v) is 7.40. The molecule has 2 fully saturated rings. The number of aliphatic imine (C=N–C) groups is 2. The highest BCUT2D eigenvalue weighted by Gasteiger charge is 2.46. The Morgan fingerprint density at radius 3 is 2.75 bits per heavy atom. The molecule has 3 N–H and O–H groups in total. The van der Waals surface area contributed by atoms with Gasteiger partial charge in [-0.3, -0.25) is 4.99 Å². The summed E-state index contributed by atoms with van der Waals surface area (Å²) in [4.78, 5) is 22.7. The maximum absolute atomic E-state index is 12.7. The largest absolute Gasteiger partial charge is 0.490 e. The first-order valence-corrected chi connectivity index (χ1v) is 9.62. The molecule has 2 aliphatic rings. The van der Waals surface area contributed by atoms with Gasteiger partial charge in [-0.05, 0) is 43.4 Å². The first-order valence-electron chi connectivity index (χ1n) is 9.62. The number of amidine groups is 1. The number of carbonyl (C=O) groups excluding carboxylic acids is 1. The van der Waals surface area contributed by atoms with Gasteiger partial charge >= 0.3 is 6.03 Å². The number of nitrogens with one attached hydrogen (secondary N) is 1. The Kier molecular flexibility index (Phi) is 6.51. The molecule has 2 amide bonds. The average molecular weight is 387 g/mol. The smallest absolute Gasteiger partial charge is 0.322 e. The van der Waals surface area contributed by atoms with Crippen LogP contribution in [-0.2, 0) is 4.74 Å². The Balaban J connectivity index is 1.75. The van der Waals surface area contributed by atoms with Crippen LogP contribution in [0.1, 0.15) is 31.7 Å². The minimum absolute atomic E-state index is 0.0576. The highest BCUT2D eigenvalue weighted by atomic mass is 16.5. The highest BCUT2D eigenvalue weighted by Crippen LogP contribution is 2.41. The topological polar surface area (TPSA) is 102 Å². The molecule has 1 aromatic carbocycles. The summed E-state index contributed by atoms with van der Waals surface area (Å²) in [6, 6.07) is 6.03. The van der Waals surface area contributed by atoms with Crippen LogP contribution < -0.4 is 15.8 Å². The molecule has 8 heteroatoms. The van der Waals surface area contributed by atoms with Crippen LogP contribution in [0.15, 0.2) is 28.2 Å². The average Bonchev–Trinajstić information content (AvgIpc) is 2.66. The van der Waals surface area contributed by atoms with E-state index in [1.807, 2.05) is 11.0 Å². The highest BCUT2D eigenvalue weighted by molar-refractivity contribution is 6.04.